The molecule has 184 valence electrons. The van der Waals surface area contributed by atoms with Gasteiger partial charge in [0.1, 0.15) is 12.2 Å². The molecule has 3 aromatic carbocycles. The lowest BCUT2D eigenvalue weighted by Gasteiger charge is -2.26. The number of hydrogen-bond donors (Lipinski definition) is 1. The minimum absolute atomic E-state index is 0.168. The molecule has 1 aliphatic rings. The van der Waals surface area contributed by atoms with Crippen molar-refractivity contribution in [2.24, 2.45) is 0 Å². The van der Waals surface area contributed by atoms with Gasteiger partial charge in [-0.25, -0.2) is 9.69 Å². The molecule has 0 radical (unpaired) electrons. The summed E-state index contributed by atoms with van der Waals surface area (Å²) in [6.07, 6.45) is 1.44. The molecule has 0 saturated carbocycles. The number of amides is 4. The minimum Gasteiger partial charge on any atom is -0.490 e. The van der Waals surface area contributed by atoms with Crippen LogP contribution in [-0.4, -0.2) is 24.5 Å². The topological polar surface area (TPSA) is 84.9 Å². The normalized spacial score (nSPS) is 14.7. The van der Waals surface area contributed by atoms with Crippen LogP contribution >= 0.6 is 15.9 Å². The lowest BCUT2D eigenvalue weighted by molar-refractivity contribution is -0.122. The van der Waals surface area contributed by atoms with Gasteiger partial charge in [0.05, 0.1) is 16.8 Å². The van der Waals surface area contributed by atoms with Crippen LogP contribution in [0, 0.1) is 13.8 Å². The van der Waals surface area contributed by atoms with Crippen molar-refractivity contribution < 1.29 is 23.9 Å². The van der Waals surface area contributed by atoms with E-state index in [1.54, 1.807) is 30.3 Å². The molecule has 8 heteroatoms. The molecule has 3 aromatic rings. The Bertz CT molecular complexity index is 1380. The minimum atomic E-state index is -0.788. The van der Waals surface area contributed by atoms with E-state index in [9.17, 15) is 14.4 Å². The van der Waals surface area contributed by atoms with E-state index in [0.717, 1.165) is 21.6 Å². The predicted octanol–water partition coefficient (Wildman–Crippen LogP) is 5.71. The first kappa shape index (κ1) is 25.2. The first-order valence-corrected chi connectivity index (χ1v) is 12.2. The highest BCUT2D eigenvalue weighted by atomic mass is 79.9. The molecular formula is C28H25BrN2O5. The van der Waals surface area contributed by atoms with Crippen molar-refractivity contribution in [1.29, 1.82) is 0 Å². The molecule has 1 heterocycles. The van der Waals surface area contributed by atoms with Gasteiger partial charge in [-0.1, -0.05) is 42.0 Å². The fourth-order valence-electron chi connectivity index (χ4n) is 3.86. The Balaban J connectivity index is 1.66. The highest BCUT2D eigenvalue weighted by Crippen LogP contribution is 2.38. The van der Waals surface area contributed by atoms with Crippen molar-refractivity contribution in [3.8, 4) is 11.5 Å². The van der Waals surface area contributed by atoms with Crippen molar-refractivity contribution in [2.75, 3.05) is 11.5 Å². The van der Waals surface area contributed by atoms with Crippen LogP contribution in [-0.2, 0) is 16.2 Å². The highest BCUT2D eigenvalue weighted by Gasteiger charge is 2.36. The van der Waals surface area contributed by atoms with Crippen LogP contribution in [0.5, 0.6) is 11.5 Å². The number of anilines is 1. The first-order valence-electron chi connectivity index (χ1n) is 11.4. The lowest BCUT2D eigenvalue weighted by Crippen LogP contribution is -2.54. The number of ether oxygens (including phenoxy) is 2. The fourth-order valence-corrected chi connectivity index (χ4v) is 4.43. The zero-order valence-corrected chi connectivity index (χ0v) is 21.7. The number of carbonyl (C=O) groups excluding carboxylic acids is 3. The van der Waals surface area contributed by atoms with Crippen molar-refractivity contribution in [1.82, 2.24) is 5.32 Å². The standard InChI is InChI=1S/C28H25BrN2O5/c1-4-35-24-15-20(14-23(29)25(24)36-16-19-9-5-7-17(2)11-19)13-22-26(32)30-28(34)31(27(22)33)21-10-6-8-18(3)12-21/h5-15H,4,16H2,1-3H3,(H,30,32,34)/b22-13+. The zero-order valence-electron chi connectivity index (χ0n) is 20.1. The Labute approximate surface area is 217 Å². The third-order valence-corrected chi connectivity index (χ3v) is 6.06. The zero-order chi connectivity index (χ0) is 25.8. The predicted molar refractivity (Wildman–Crippen MR) is 141 cm³/mol. The van der Waals surface area contributed by atoms with Crippen molar-refractivity contribution >= 4 is 45.5 Å². The summed E-state index contributed by atoms with van der Waals surface area (Å²) in [6, 6.07) is 17.6. The largest absolute Gasteiger partial charge is 0.490 e. The van der Waals surface area contributed by atoms with E-state index < -0.39 is 17.8 Å². The molecule has 36 heavy (non-hydrogen) atoms. The van der Waals surface area contributed by atoms with Gasteiger partial charge in [0, 0.05) is 0 Å². The van der Waals surface area contributed by atoms with Crippen LogP contribution < -0.4 is 19.7 Å². The van der Waals surface area contributed by atoms with E-state index in [2.05, 4.69) is 21.2 Å². The van der Waals surface area contributed by atoms with Crippen LogP contribution in [0.3, 0.4) is 0 Å². The fraction of sp³-hybridized carbons (Fsp3) is 0.179. The Morgan fingerprint density at radius 1 is 0.944 bits per heavy atom. The number of nitrogens with zero attached hydrogens (tertiary/aromatic N) is 1. The second-order valence-electron chi connectivity index (χ2n) is 8.34. The number of aryl methyl sites for hydroxylation is 2. The quantitative estimate of drug-likeness (QED) is 0.302. The van der Waals surface area contributed by atoms with Gasteiger partial charge >= 0.3 is 6.03 Å². The monoisotopic (exact) mass is 548 g/mol. The average Bonchev–Trinajstić information content (AvgIpc) is 2.81. The summed E-state index contributed by atoms with van der Waals surface area (Å²) >= 11 is 3.53. The number of benzene rings is 3. The number of urea groups is 1. The number of rotatable bonds is 7. The molecule has 4 amide bonds. The summed E-state index contributed by atoms with van der Waals surface area (Å²) < 4.78 is 12.5. The van der Waals surface area contributed by atoms with Gasteiger partial charge in [-0.3, -0.25) is 14.9 Å². The maximum atomic E-state index is 13.2. The van der Waals surface area contributed by atoms with E-state index in [4.69, 9.17) is 9.47 Å². The van der Waals surface area contributed by atoms with E-state index in [1.807, 2.05) is 51.1 Å². The van der Waals surface area contributed by atoms with Crippen LogP contribution in [0.15, 0.2) is 70.7 Å². The third-order valence-electron chi connectivity index (χ3n) is 5.47. The number of carbonyl (C=O) groups is 3. The smallest absolute Gasteiger partial charge is 0.335 e. The molecule has 0 aliphatic carbocycles. The summed E-state index contributed by atoms with van der Waals surface area (Å²) in [4.78, 5) is 39.2. The maximum Gasteiger partial charge on any atom is 0.335 e. The first-order chi connectivity index (χ1) is 17.3. The highest BCUT2D eigenvalue weighted by molar-refractivity contribution is 9.10. The van der Waals surface area contributed by atoms with Crippen LogP contribution in [0.2, 0.25) is 0 Å². The molecule has 0 bridgehead atoms. The molecule has 0 atom stereocenters. The Kier molecular flexibility index (Phi) is 7.55. The Hall–Kier alpha value is -3.91. The van der Waals surface area contributed by atoms with Gasteiger partial charge in [0.25, 0.3) is 11.8 Å². The molecule has 0 unspecified atom stereocenters. The summed E-state index contributed by atoms with van der Waals surface area (Å²) in [5.74, 6) is -0.496. The Morgan fingerprint density at radius 3 is 2.36 bits per heavy atom. The van der Waals surface area contributed by atoms with Gasteiger partial charge in [-0.2, -0.15) is 0 Å². The van der Waals surface area contributed by atoms with E-state index >= 15 is 0 Å². The summed E-state index contributed by atoms with van der Waals surface area (Å²) in [5.41, 5.74) is 3.77. The molecule has 7 nitrogen and oxygen atoms in total. The van der Waals surface area contributed by atoms with E-state index in [-0.39, 0.29) is 5.57 Å². The molecule has 1 aliphatic heterocycles. The molecule has 1 saturated heterocycles. The number of halogens is 1. The van der Waals surface area contributed by atoms with Crippen molar-refractivity contribution in [2.45, 2.75) is 27.4 Å². The van der Waals surface area contributed by atoms with Gasteiger partial charge in [0.15, 0.2) is 11.5 Å². The van der Waals surface area contributed by atoms with Crippen molar-refractivity contribution in [3.63, 3.8) is 0 Å². The molecule has 4 rings (SSSR count). The van der Waals surface area contributed by atoms with Gasteiger partial charge in [-0.15, -0.1) is 0 Å². The lowest BCUT2D eigenvalue weighted by atomic mass is 10.1. The Morgan fingerprint density at radius 2 is 1.67 bits per heavy atom. The summed E-state index contributed by atoms with van der Waals surface area (Å²) in [6.45, 7) is 6.46. The van der Waals surface area contributed by atoms with Gasteiger partial charge < -0.3 is 9.47 Å². The number of barbiturate groups is 1. The van der Waals surface area contributed by atoms with Crippen LogP contribution in [0.1, 0.15) is 29.2 Å². The van der Waals surface area contributed by atoms with E-state index in [1.165, 1.54) is 6.08 Å². The average molecular weight is 549 g/mol. The third kappa shape index (κ3) is 5.49. The molecule has 0 spiro atoms. The second kappa shape index (κ2) is 10.8. The SMILES string of the molecule is CCOc1cc(/C=C2\C(=O)NC(=O)N(c3cccc(C)c3)C2=O)cc(Br)c1OCc1cccc(C)c1. The number of nitrogens with one attached hydrogen (secondary N) is 1. The second-order valence-corrected chi connectivity index (χ2v) is 9.19. The van der Waals surface area contributed by atoms with Gasteiger partial charge in [-0.05, 0) is 83.7 Å². The molecule has 1 fully saturated rings. The van der Waals surface area contributed by atoms with E-state index in [0.29, 0.717) is 40.4 Å². The van der Waals surface area contributed by atoms with Gasteiger partial charge in [0.2, 0.25) is 0 Å². The summed E-state index contributed by atoms with van der Waals surface area (Å²) in [5, 5.41) is 2.25. The molecule has 0 aromatic heterocycles. The number of imide groups is 2. The number of hydrogen-bond acceptors (Lipinski definition) is 5. The van der Waals surface area contributed by atoms with Crippen molar-refractivity contribution in [3.05, 3.63) is 93.0 Å². The molecule has 1 N–H and O–H groups in total. The maximum absolute atomic E-state index is 13.2. The van der Waals surface area contributed by atoms with Crippen LogP contribution in [0.4, 0.5) is 10.5 Å². The van der Waals surface area contributed by atoms with Crippen LogP contribution in [0.25, 0.3) is 6.08 Å². The summed E-state index contributed by atoms with van der Waals surface area (Å²) in [7, 11) is 0. The molecular weight excluding hydrogens is 524 g/mol.